The number of hydrogen-bond acceptors (Lipinski definition) is 5. The van der Waals surface area contributed by atoms with Crippen molar-refractivity contribution in [3.63, 3.8) is 0 Å². The number of nitrogens with zero attached hydrogens (tertiary/aromatic N) is 4. The van der Waals surface area contributed by atoms with Gasteiger partial charge in [0.2, 0.25) is 11.1 Å². The van der Waals surface area contributed by atoms with Gasteiger partial charge in [-0.1, -0.05) is 39.5 Å². The van der Waals surface area contributed by atoms with Crippen molar-refractivity contribution in [2.75, 3.05) is 24.7 Å². The third-order valence-corrected chi connectivity index (χ3v) is 4.72. The van der Waals surface area contributed by atoms with Crippen molar-refractivity contribution in [3.8, 4) is 0 Å². The fourth-order valence-electron chi connectivity index (χ4n) is 2.36. The Bertz CT molecular complexity index is 500. The molecule has 6 nitrogen and oxygen atoms in total. The largest absolute Gasteiger partial charge is 0.342 e. The van der Waals surface area contributed by atoms with Gasteiger partial charge in [-0.15, -0.1) is 10.2 Å². The number of nitrogens with two attached hydrogens (primary N) is 1. The van der Waals surface area contributed by atoms with Crippen molar-refractivity contribution in [3.05, 3.63) is 5.82 Å². The van der Waals surface area contributed by atoms with E-state index in [1.807, 2.05) is 25.7 Å². The highest BCUT2D eigenvalue weighted by Gasteiger charge is 2.24. The van der Waals surface area contributed by atoms with Gasteiger partial charge in [-0.05, 0) is 18.8 Å². The van der Waals surface area contributed by atoms with E-state index in [4.69, 9.17) is 5.84 Å². The molecule has 0 saturated carbocycles. The first-order valence-corrected chi connectivity index (χ1v) is 8.39. The molecule has 2 heterocycles. The average molecular weight is 311 g/mol. The summed E-state index contributed by atoms with van der Waals surface area (Å²) in [7, 11) is 0. The molecule has 1 fully saturated rings. The van der Waals surface area contributed by atoms with Crippen LogP contribution in [0.3, 0.4) is 0 Å². The number of thioether (sulfide) groups is 1. The molecule has 21 heavy (non-hydrogen) atoms. The Morgan fingerprint density at radius 3 is 2.48 bits per heavy atom. The lowest BCUT2D eigenvalue weighted by Crippen LogP contribution is -2.39. The number of carbonyl (C=O) groups is 1. The molecule has 1 aromatic rings. The molecule has 0 aliphatic carbocycles. The van der Waals surface area contributed by atoms with Crippen LogP contribution in [0.2, 0.25) is 0 Å². The summed E-state index contributed by atoms with van der Waals surface area (Å²) in [5, 5.41) is 8.82. The van der Waals surface area contributed by atoms with E-state index in [9.17, 15) is 4.79 Å². The highest BCUT2D eigenvalue weighted by atomic mass is 32.2. The molecule has 1 aliphatic heterocycles. The predicted molar refractivity (Wildman–Crippen MR) is 84.6 cm³/mol. The third kappa shape index (κ3) is 3.90. The van der Waals surface area contributed by atoms with Crippen LogP contribution in [0.25, 0.3) is 0 Å². The zero-order valence-corrected chi connectivity index (χ0v) is 14.1. The Labute approximate surface area is 130 Å². The second-order valence-electron chi connectivity index (χ2n) is 6.78. The van der Waals surface area contributed by atoms with Gasteiger partial charge < -0.3 is 10.7 Å². The van der Waals surface area contributed by atoms with E-state index in [0.717, 1.165) is 37.7 Å². The number of rotatable bonds is 3. The minimum Gasteiger partial charge on any atom is -0.342 e. The van der Waals surface area contributed by atoms with Gasteiger partial charge in [0, 0.05) is 18.5 Å². The molecule has 1 aromatic heterocycles. The van der Waals surface area contributed by atoms with Crippen molar-refractivity contribution in [1.29, 1.82) is 0 Å². The maximum Gasteiger partial charge on any atom is 0.233 e. The molecule has 1 saturated heterocycles. The second-order valence-corrected chi connectivity index (χ2v) is 7.72. The molecule has 0 atom stereocenters. The Hall–Kier alpha value is -1.24. The van der Waals surface area contributed by atoms with Gasteiger partial charge in [-0.3, -0.25) is 4.79 Å². The molecule has 0 bridgehead atoms. The molecular weight excluding hydrogens is 286 g/mol. The van der Waals surface area contributed by atoms with E-state index in [-0.39, 0.29) is 11.3 Å². The standard InChI is InChI=1S/C14H25N5OS/c1-10-5-7-18(8-6-10)11(20)9-21-13-17-16-12(19(13)15)14(2,3)4/h10H,5-9,15H2,1-4H3. The van der Waals surface area contributed by atoms with E-state index in [2.05, 4.69) is 17.1 Å². The number of nitrogen functional groups attached to an aromatic ring is 1. The van der Waals surface area contributed by atoms with Crippen LogP contribution in [0.5, 0.6) is 0 Å². The van der Waals surface area contributed by atoms with Crippen LogP contribution in [0, 0.1) is 5.92 Å². The smallest absolute Gasteiger partial charge is 0.233 e. The van der Waals surface area contributed by atoms with Crippen LogP contribution in [0.1, 0.15) is 46.4 Å². The summed E-state index contributed by atoms with van der Waals surface area (Å²) in [5.41, 5.74) is -0.159. The first-order valence-electron chi connectivity index (χ1n) is 7.40. The van der Waals surface area contributed by atoms with Crippen LogP contribution in [-0.2, 0) is 10.2 Å². The summed E-state index contributed by atoms with van der Waals surface area (Å²) in [6, 6.07) is 0. The maximum atomic E-state index is 12.2. The van der Waals surface area contributed by atoms with Crippen molar-refractivity contribution >= 4 is 17.7 Å². The Morgan fingerprint density at radius 1 is 1.33 bits per heavy atom. The average Bonchev–Trinajstić information content (AvgIpc) is 2.78. The quantitative estimate of drug-likeness (QED) is 0.678. The molecule has 0 unspecified atom stereocenters. The van der Waals surface area contributed by atoms with Gasteiger partial charge in [-0.2, -0.15) is 0 Å². The first kappa shape index (κ1) is 16.1. The summed E-state index contributed by atoms with van der Waals surface area (Å²) in [5.74, 6) is 8.00. The Balaban J connectivity index is 1.91. The fourth-order valence-corrected chi connectivity index (χ4v) is 3.12. The summed E-state index contributed by atoms with van der Waals surface area (Å²) in [6.45, 7) is 10.1. The van der Waals surface area contributed by atoms with E-state index in [0.29, 0.717) is 10.9 Å². The third-order valence-electron chi connectivity index (χ3n) is 3.80. The number of amides is 1. The summed E-state index contributed by atoms with van der Waals surface area (Å²) >= 11 is 1.36. The molecule has 0 spiro atoms. The van der Waals surface area contributed by atoms with Gasteiger partial charge in [0.15, 0.2) is 5.82 Å². The van der Waals surface area contributed by atoms with Crippen LogP contribution < -0.4 is 5.84 Å². The Kier molecular flexibility index (Phi) is 4.81. The molecule has 2 N–H and O–H groups in total. The van der Waals surface area contributed by atoms with Crippen LogP contribution in [0.15, 0.2) is 5.16 Å². The van der Waals surface area contributed by atoms with E-state index in [1.165, 1.54) is 16.4 Å². The van der Waals surface area contributed by atoms with Gasteiger partial charge in [0.25, 0.3) is 0 Å². The molecule has 0 aromatic carbocycles. The lowest BCUT2D eigenvalue weighted by molar-refractivity contribution is -0.129. The summed E-state index contributed by atoms with van der Waals surface area (Å²) in [4.78, 5) is 14.1. The van der Waals surface area contributed by atoms with Crippen LogP contribution in [0.4, 0.5) is 0 Å². The second kappa shape index (κ2) is 6.25. The molecule has 2 rings (SSSR count). The highest BCUT2D eigenvalue weighted by Crippen LogP contribution is 2.24. The molecule has 1 amide bonds. The lowest BCUT2D eigenvalue weighted by atomic mass is 9.96. The van der Waals surface area contributed by atoms with Gasteiger partial charge in [0.1, 0.15) is 0 Å². The van der Waals surface area contributed by atoms with Crippen molar-refractivity contribution in [2.45, 2.75) is 51.1 Å². The zero-order chi connectivity index (χ0) is 15.6. The minimum absolute atomic E-state index is 0.159. The number of carbonyl (C=O) groups excluding carboxylic acids is 1. The van der Waals surface area contributed by atoms with Gasteiger partial charge in [-0.25, -0.2) is 4.68 Å². The predicted octanol–water partition coefficient (Wildman–Crippen LogP) is 1.64. The topological polar surface area (TPSA) is 77.0 Å². The molecule has 118 valence electrons. The van der Waals surface area contributed by atoms with E-state index in [1.54, 1.807) is 0 Å². The van der Waals surface area contributed by atoms with Crippen molar-refractivity contribution in [1.82, 2.24) is 19.8 Å². The normalized spacial score (nSPS) is 17.2. The highest BCUT2D eigenvalue weighted by molar-refractivity contribution is 7.99. The zero-order valence-electron chi connectivity index (χ0n) is 13.3. The molecular formula is C14H25N5OS. The number of likely N-dealkylation sites (tertiary alicyclic amines) is 1. The molecule has 1 aliphatic rings. The SMILES string of the molecule is CC1CCN(C(=O)CSc2nnc(C(C)(C)C)n2N)CC1. The van der Waals surface area contributed by atoms with Gasteiger partial charge >= 0.3 is 0 Å². The molecule has 0 radical (unpaired) electrons. The summed E-state index contributed by atoms with van der Waals surface area (Å²) in [6.07, 6.45) is 2.19. The fraction of sp³-hybridized carbons (Fsp3) is 0.786. The minimum atomic E-state index is -0.159. The van der Waals surface area contributed by atoms with Crippen molar-refractivity contribution < 1.29 is 4.79 Å². The van der Waals surface area contributed by atoms with Crippen LogP contribution in [-0.4, -0.2) is 44.5 Å². The number of piperidine rings is 1. The lowest BCUT2D eigenvalue weighted by Gasteiger charge is -2.30. The molecule has 7 heteroatoms. The maximum absolute atomic E-state index is 12.2. The van der Waals surface area contributed by atoms with Crippen molar-refractivity contribution in [2.24, 2.45) is 5.92 Å². The van der Waals surface area contributed by atoms with E-state index < -0.39 is 0 Å². The Morgan fingerprint density at radius 2 is 1.95 bits per heavy atom. The monoisotopic (exact) mass is 311 g/mol. The van der Waals surface area contributed by atoms with E-state index >= 15 is 0 Å². The number of hydrogen-bond donors (Lipinski definition) is 1. The van der Waals surface area contributed by atoms with Crippen LogP contribution >= 0.6 is 11.8 Å². The van der Waals surface area contributed by atoms with Gasteiger partial charge in [0.05, 0.1) is 5.75 Å². The number of aromatic nitrogens is 3. The summed E-state index contributed by atoms with van der Waals surface area (Å²) < 4.78 is 1.50. The first-order chi connectivity index (χ1) is 9.79.